The van der Waals surface area contributed by atoms with Crippen LogP contribution in [0.25, 0.3) is 0 Å². The number of nitrogens with zero attached hydrogens (tertiary/aromatic N) is 1. The van der Waals surface area contributed by atoms with Crippen LogP contribution in [0, 0.1) is 17.7 Å². The Hall–Kier alpha value is -1.90. The van der Waals surface area contributed by atoms with Crippen molar-refractivity contribution < 1.29 is 14.3 Å². The standard InChI is InChI=1S/C15H17FN2O2/c16-14-10-12(4-3-11(14)2-1-7-17)15(20)18(8-9-19)13-5-6-13/h3-4,10,13,19H,5-9,17H2. The second-order valence-corrected chi connectivity index (χ2v) is 4.65. The van der Waals surface area contributed by atoms with Crippen molar-refractivity contribution in [1.29, 1.82) is 0 Å². The Balaban J connectivity index is 2.19. The highest BCUT2D eigenvalue weighted by molar-refractivity contribution is 5.94. The van der Waals surface area contributed by atoms with Gasteiger partial charge in [-0.25, -0.2) is 4.39 Å². The highest BCUT2D eigenvalue weighted by Gasteiger charge is 2.32. The summed E-state index contributed by atoms with van der Waals surface area (Å²) in [5.41, 5.74) is 5.74. The summed E-state index contributed by atoms with van der Waals surface area (Å²) in [6, 6.07) is 4.40. The molecule has 1 aromatic carbocycles. The van der Waals surface area contributed by atoms with Crippen molar-refractivity contribution in [3.8, 4) is 11.8 Å². The van der Waals surface area contributed by atoms with Crippen LogP contribution in [0.15, 0.2) is 18.2 Å². The molecule has 0 heterocycles. The van der Waals surface area contributed by atoms with E-state index in [9.17, 15) is 9.18 Å². The van der Waals surface area contributed by atoms with E-state index in [0.717, 1.165) is 12.8 Å². The summed E-state index contributed by atoms with van der Waals surface area (Å²) < 4.78 is 13.8. The molecule has 5 heteroatoms. The van der Waals surface area contributed by atoms with E-state index in [1.54, 1.807) is 11.0 Å². The predicted octanol–water partition coefficient (Wildman–Crippen LogP) is 0.733. The number of amides is 1. The summed E-state index contributed by atoms with van der Waals surface area (Å²) in [6.45, 7) is 0.344. The maximum Gasteiger partial charge on any atom is 0.254 e. The predicted molar refractivity (Wildman–Crippen MR) is 73.5 cm³/mol. The summed E-state index contributed by atoms with van der Waals surface area (Å²) in [7, 11) is 0. The maximum absolute atomic E-state index is 13.8. The number of halogens is 1. The van der Waals surface area contributed by atoms with Crippen LogP contribution in [0.4, 0.5) is 4.39 Å². The number of aliphatic hydroxyl groups excluding tert-OH is 1. The van der Waals surface area contributed by atoms with Crippen LogP contribution in [0.2, 0.25) is 0 Å². The third-order valence-corrected chi connectivity index (χ3v) is 3.13. The minimum absolute atomic E-state index is 0.0925. The fourth-order valence-corrected chi connectivity index (χ4v) is 2.01. The first-order valence-corrected chi connectivity index (χ1v) is 6.57. The van der Waals surface area contributed by atoms with Crippen molar-refractivity contribution in [2.45, 2.75) is 18.9 Å². The Morgan fingerprint density at radius 1 is 1.50 bits per heavy atom. The molecule has 2 rings (SSSR count). The van der Waals surface area contributed by atoms with Gasteiger partial charge in [-0.2, -0.15) is 0 Å². The van der Waals surface area contributed by atoms with Crippen LogP contribution in [-0.2, 0) is 0 Å². The quantitative estimate of drug-likeness (QED) is 0.797. The molecule has 0 bridgehead atoms. The van der Waals surface area contributed by atoms with Gasteiger partial charge in [-0.1, -0.05) is 11.8 Å². The molecule has 0 spiro atoms. The number of carbonyl (C=O) groups is 1. The largest absolute Gasteiger partial charge is 0.395 e. The van der Waals surface area contributed by atoms with Crippen LogP contribution >= 0.6 is 0 Å². The Morgan fingerprint density at radius 3 is 2.80 bits per heavy atom. The summed E-state index contributed by atoms with van der Waals surface area (Å²) >= 11 is 0. The Bertz CT molecular complexity index is 559. The molecule has 0 aliphatic heterocycles. The highest BCUT2D eigenvalue weighted by atomic mass is 19.1. The molecule has 1 amide bonds. The lowest BCUT2D eigenvalue weighted by Crippen LogP contribution is -2.35. The average molecular weight is 276 g/mol. The molecular weight excluding hydrogens is 259 g/mol. The molecule has 0 saturated heterocycles. The number of nitrogens with two attached hydrogens (primary N) is 1. The molecule has 1 aromatic rings. The van der Waals surface area contributed by atoms with Gasteiger partial charge in [0.2, 0.25) is 0 Å². The van der Waals surface area contributed by atoms with Gasteiger partial charge in [0.25, 0.3) is 5.91 Å². The van der Waals surface area contributed by atoms with Crippen molar-refractivity contribution in [1.82, 2.24) is 4.90 Å². The van der Waals surface area contributed by atoms with Gasteiger partial charge in [-0.15, -0.1) is 0 Å². The zero-order valence-electron chi connectivity index (χ0n) is 11.1. The van der Waals surface area contributed by atoms with Crippen LogP contribution in [0.1, 0.15) is 28.8 Å². The first kappa shape index (κ1) is 14.5. The zero-order chi connectivity index (χ0) is 14.5. The number of carbonyl (C=O) groups excluding carboxylic acids is 1. The van der Waals surface area contributed by atoms with Crippen LogP contribution < -0.4 is 5.73 Å². The first-order chi connectivity index (χ1) is 9.67. The lowest BCUT2D eigenvalue weighted by atomic mass is 10.1. The monoisotopic (exact) mass is 276 g/mol. The van der Waals surface area contributed by atoms with E-state index in [1.807, 2.05) is 0 Å². The highest BCUT2D eigenvalue weighted by Crippen LogP contribution is 2.28. The molecule has 0 unspecified atom stereocenters. The van der Waals surface area contributed by atoms with Crippen molar-refractivity contribution in [2.75, 3.05) is 19.7 Å². The molecule has 106 valence electrons. The van der Waals surface area contributed by atoms with E-state index in [1.165, 1.54) is 12.1 Å². The van der Waals surface area contributed by atoms with Crippen molar-refractivity contribution in [2.24, 2.45) is 5.73 Å². The molecule has 1 fully saturated rings. The van der Waals surface area contributed by atoms with Crippen molar-refractivity contribution in [3.05, 3.63) is 35.1 Å². The Kier molecular flexibility index (Phi) is 4.72. The second kappa shape index (κ2) is 6.51. The smallest absolute Gasteiger partial charge is 0.254 e. The van der Waals surface area contributed by atoms with Gasteiger partial charge in [-0.05, 0) is 31.0 Å². The van der Waals surface area contributed by atoms with Gasteiger partial charge in [0.05, 0.1) is 18.7 Å². The Morgan fingerprint density at radius 2 is 2.25 bits per heavy atom. The SMILES string of the molecule is NCC#Cc1ccc(C(=O)N(CCO)C2CC2)cc1F. The van der Waals surface area contributed by atoms with Gasteiger partial charge < -0.3 is 15.7 Å². The Labute approximate surface area is 117 Å². The number of rotatable bonds is 4. The van der Waals surface area contributed by atoms with E-state index in [-0.39, 0.29) is 42.8 Å². The average Bonchev–Trinajstić information content (AvgIpc) is 3.27. The van der Waals surface area contributed by atoms with Gasteiger partial charge in [0.1, 0.15) is 5.82 Å². The third-order valence-electron chi connectivity index (χ3n) is 3.13. The number of aliphatic hydroxyl groups is 1. The number of benzene rings is 1. The fraction of sp³-hybridized carbons (Fsp3) is 0.400. The molecule has 20 heavy (non-hydrogen) atoms. The molecular formula is C15H17FN2O2. The van der Waals surface area contributed by atoms with E-state index in [2.05, 4.69) is 11.8 Å². The molecule has 0 atom stereocenters. The minimum atomic E-state index is -0.531. The zero-order valence-corrected chi connectivity index (χ0v) is 11.1. The third kappa shape index (κ3) is 3.35. The summed E-state index contributed by atoms with van der Waals surface area (Å²) in [6.07, 6.45) is 1.88. The van der Waals surface area contributed by atoms with Gasteiger partial charge >= 0.3 is 0 Å². The van der Waals surface area contributed by atoms with Crippen molar-refractivity contribution in [3.63, 3.8) is 0 Å². The molecule has 1 aliphatic carbocycles. The van der Waals surface area contributed by atoms with E-state index < -0.39 is 5.82 Å². The topological polar surface area (TPSA) is 66.6 Å². The van der Waals surface area contributed by atoms with Gasteiger partial charge in [-0.3, -0.25) is 4.79 Å². The lowest BCUT2D eigenvalue weighted by Gasteiger charge is -2.21. The van der Waals surface area contributed by atoms with Crippen LogP contribution in [0.3, 0.4) is 0 Å². The summed E-state index contributed by atoms with van der Waals surface area (Å²) in [5.74, 6) is 4.41. The molecule has 1 saturated carbocycles. The lowest BCUT2D eigenvalue weighted by molar-refractivity contribution is 0.0707. The van der Waals surface area contributed by atoms with E-state index in [0.29, 0.717) is 0 Å². The normalized spacial score (nSPS) is 13.6. The maximum atomic E-state index is 13.8. The van der Waals surface area contributed by atoms with Crippen LogP contribution in [0.5, 0.6) is 0 Å². The van der Waals surface area contributed by atoms with Gasteiger partial charge in [0.15, 0.2) is 0 Å². The fourth-order valence-electron chi connectivity index (χ4n) is 2.01. The summed E-state index contributed by atoms with van der Waals surface area (Å²) in [4.78, 5) is 13.9. The molecule has 0 radical (unpaired) electrons. The number of hydrogen-bond donors (Lipinski definition) is 2. The molecule has 0 aromatic heterocycles. The minimum Gasteiger partial charge on any atom is -0.395 e. The van der Waals surface area contributed by atoms with E-state index in [4.69, 9.17) is 10.8 Å². The van der Waals surface area contributed by atoms with E-state index >= 15 is 0 Å². The van der Waals surface area contributed by atoms with Crippen LogP contribution in [-0.4, -0.2) is 41.7 Å². The molecule has 3 N–H and O–H groups in total. The van der Waals surface area contributed by atoms with Crippen molar-refractivity contribution >= 4 is 5.91 Å². The number of hydrogen-bond acceptors (Lipinski definition) is 3. The molecule has 4 nitrogen and oxygen atoms in total. The molecule has 1 aliphatic rings. The second-order valence-electron chi connectivity index (χ2n) is 4.65. The van der Waals surface area contributed by atoms with Gasteiger partial charge in [0, 0.05) is 18.2 Å². The first-order valence-electron chi connectivity index (χ1n) is 6.57. The summed E-state index contributed by atoms with van der Waals surface area (Å²) in [5, 5.41) is 9.01.